The highest BCUT2D eigenvalue weighted by molar-refractivity contribution is 5.57. The van der Waals surface area contributed by atoms with Gasteiger partial charge in [0.05, 0.1) is 12.7 Å². The Morgan fingerprint density at radius 2 is 1.90 bits per heavy atom. The maximum atomic E-state index is 4.63. The zero-order chi connectivity index (χ0) is 15.2. The van der Waals surface area contributed by atoms with Crippen LogP contribution in [0.5, 0.6) is 0 Å². The quantitative estimate of drug-likeness (QED) is 0.812. The van der Waals surface area contributed by atoms with E-state index in [0.717, 1.165) is 42.7 Å². The van der Waals surface area contributed by atoms with Crippen LogP contribution >= 0.6 is 0 Å². The van der Waals surface area contributed by atoms with Crippen LogP contribution in [0.25, 0.3) is 0 Å². The average Bonchev–Trinajstić information content (AvgIpc) is 2.96. The maximum absolute atomic E-state index is 4.63. The van der Waals surface area contributed by atoms with E-state index in [-0.39, 0.29) is 0 Å². The Balaban J connectivity index is 2.12. The van der Waals surface area contributed by atoms with Crippen LogP contribution in [-0.4, -0.2) is 38.1 Å². The second-order valence-electron chi connectivity index (χ2n) is 5.18. The van der Waals surface area contributed by atoms with Gasteiger partial charge in [-0.2, -0.15) is 0 Å². The highest BCUT2D eigenvalue weighted by Gasteiger charge is 2.12. The third-order valence-electron chi connectivity index (χ3n) is 3.13. The lowest BCUT2D eigenvalue weighted by Crippen LogP contribution is -2.15. The van der Waals surface area contributed by atoms with E-state index >= 15 is 0 Å². The second kappa shape index (κ2) is 7.01. The van der Waals surface area contributed by atoms with Crippen molar-refractivity contribution in [1.29, 1.82) is 0 Å². The van der Waals surface area contributed by atoms with Gasteiger partial charge in [0.2, 0.25) is 0 Å². The molecule has 0 saturated heterocycles. The topological polar surface area (TPSA) is 80.5 Å². The molecule has 2 aromatic rings. The van der Waals surface area contributed by atoms with Gasteiger partial charge >= 0.3 is 0 Å². The fraction of sp³-hybridized carbons (Fsp3) is 0.571. The van der Waals surface area contributed by atoms with Crippen molar-refractivity contribution in [3.63, 3.8) is 0 Å². The van der Waals surface area contributed by atoms with E-state index in [0.29, 0.717) is 5.92 Å². The standard InChI is InChI=1S/C14H23N7/c1-5-15-13-11(4)14(19-12(18-13)10(2)3)16-6-8-21-9-7-17-20-21/h7,9-10H,5-6,8H2,1-4H3,(H2,15,16,18,19). The van der Waals surface area contributed by atoms with Gasteiger partial charge in [0, 0.05) is 30.8 Å². The van der Waals surface area contributed by atoms with Gasteiger partial charge in [-0.05, 0) is 13.8 Å². The molecule has 2 aromatic heterocycles. The first-order chi connectivity index (χ1) is 10.1. The minimum absolute atomic E-state index is 0.291. The van der Waals surface area contributed by atoms with Crippen LogP contribution in [0.3, 0.4) is 0 Å². The van der Waals surface area contributed by atoms with E-state index in [4.69, 9.17) is 0 Å². The number of aromatic nitrogens is 5. The molecule has 0 amide bonds. The van der Waals surface area contributed by atoms with Gasteiger partial charge in [-0.3, -0.25) is 4.68 Å². The minimum Gasteiger partial charge on any atom is -0.370 e. The van der Waals surface area contributed by atoms with Crippen molar-refractivity contribution in [2.24, 2.45) is 0 Å². The van der Waals surface area contributed by atoms with Crippen molar-refractivity contribution in [2.45, 2.75) is 40.2 Å². The molecule has 7 nitrogen and oxygen atoms in total. The number of nitrogens with one attached hydrogen (secondary N) is 2. The summed E-state index contributed by atoms with van der Waals surface area (Å²) >= 11 is 0. The van der Waals surface area contributed by atoms with Crippen LogP contribution in [0.2, 0.25) is 0 Å². The van der Waals surface area contributed by atoms with E-state index in [1.807, 2.05) is 13.1 Å². The first-order valence-corrected chi connectivity index (χ1v) is 7.32. The molecule has 0 fully saturated rings. The molecule has 0 aromatic carbocycles. The fourth-order valence-corrected chi connectivity index (χ4v) is 1.94. The van der Waals surface area contributed by atoms with Gasteiger partial charge in [-0.25, -0.2) is 9.97 Å². The van der Waals surface area contributed by atoms with Crippen LogP contribution in [0, 0.1) is 6.92 Å². The number of anilines is 2. The average molecular weight is 289 g/mol. The molecule has 21 heavy (non-hydrogen) atoms. The molecule has 0 atom stereocenters. The summed E-state index contributed by atoms with van der Waals surface area (Å²) in [5, 5.41) is 14.4. The molecule has 2 rings (SSSR count). The first kappa shape index (κ1) is 15.2. The van der Waals surface area contributed by atoms with Crippen molar-refractivity contribution in [3.05, 3.63) is 23.8 Å². The van der Waals surface area contributed by atoms with E-state index in [1.54, 1.807) is 10.9 Å². The van der Waals surface area contributed by atoms with Crippen LogP contribution in [0.1, 0.15) is 38.1 Å². The molecule has 0 aliphatic rings. The highest BCUT2D eigenvalue weighted by Crippen LogP contribution is 2.22. The Hall–Kier alpha value is -2.18. The van der Waals surface area contributed by atoms with E-state index in [1.165, 1.54) is 0 Å². The third kappa shape index (κ3) is 3.90. The van der Waals surface area contributed by atoms with Gasteiger partial charge in [0.15, 0.2) is 0 Å². The Kier molecular flexibility index (Phi) is 5.08. The number of nitrogens with zero attached hydrogens (tertiary/aromatic N) is 5. The molecule has 0 radical (unpaired) electrons. The lowest BCUT2D eigenvalue weighted by Gasteiger charge is -2.15. The summed E-state index contributed by atoms with van der Waals surface area (Å²) < 4.78 is 1.79. The van der Waals surface area contributed by atoms with Crippen molar-refractivity contribution >= 4 is 11.6 Å². The van der Waals surface area contributed by atoms with Crippen molar-refractivity contribution in [1.82, 2.24) is 25.0 Å². The van der Waals surface area contributed by atoms with Gasteiger partial charge in [-0.15, -0.1) is 5.10 Å². The van der Waals surface area contributed by atoms with Crippen molar-refractivity contribution in [3.8, 4) is 0 Å². The molecule has 7 heteroatoms. The molecule has 0 aliphatic carbocycles. The zero-order valence-electron chi connectivity index (χ0n) is 13.1. The highest BCUT2D eigenvalue weighted by atomic mass is 15.4. The van der Waals surface area contributed by atoms with Gasteiger partial charge in [0.25, 0.3) is 0 Å². The van der Waals surface area contributed by atoms with Gasteiger partial charge < -0.3 is 10.6 Å². The van der Waals surface area contributed by atoms with Crippen LogP contribution < -0.4 is 10.6 Å². The minimum atomic E-state index is 0.291. The first-order valence-electron chi connectivity index (χ1n) is 7.32. The smallest absolute Gasteiger partial charge is 0.135 e. The van der Waals surface area contributed by atoms with Crippen molar-refractivity contribution in [2.75, 3.05) is 23.7 Å². The van der Waals surface area contributed by atoms with E-state index < -0.39 is 0 Å². The summed E-state index contributed by atoms with van der Waals surface area (Å²) in [5.74, 6) is 2.92. The van der Waals surface area contributed by atoms with E-state index in [2.05, 4.69) is 51.7 Å². The second-order valence-corrected chi connectivity index (χ2v) is 5.18. The molecular weight excluding hydrogens is 266 g/mol. The summed E-state index contributed by atoms with van der Waals surface area (Å²) in [7, 11) is 0. The molecule has 0 bridgehead atoms. The van der Waals surface area contributed by atoms with Crippen LogP contribution in [0.15, 0.2) is 12.4 Å². The largest absolute Gasteiger partial charge is 0.370 e. The van der Waals surface area contributed by atoms with Crippen molar-refractivity contribution < 1.29 is 0 Å². The third-order valence-corrected chi connectivity index (χ3v) is 3.13. The Bertz CT molecular complexity index is 563. The lowest BCUT2D eigenvalue weighted by molar-refractivity contribution is 0.607. The zero-order valence-corrected chi connectivity index (χ0v) is 13.1. The monoisotopic (exact) mass is 289 g/mol. The summed E-state index contributed by atoms with van der Waals surface area (Å²) in [6.45, 7) is 10.6. The van der Waals surface area contributed by atoms with E-state index in [9.17, 15) is 0 Å². The predicted molar refractivity (Wildman–Crippen MR) is 83.5 cm³/mol. The van der Waals surface area contributed by atoms with Gasteiger partial charge in [-0.1, -0.05) is 19.1 Å². The van der Waals surface area contributed by atoms with Gasteiger partial charge in [0.1, 0.15) is 17.5 Å². The maximum Gasteiger partial charge on any atom is 0.135 e. The number of hydrogen-bond donors (Lipinski definition) is 2. The van der Waals surface area contributed by atoms with Crippen LogP contribution in [-0.2, 0) is 6.54 Å². The number of rotatable bonds is 7. The Labute approximate surface area is 125 Å². The lowest BCUT2D eigenvalue weighted by atomic mass is 10.2. The predicted octanol–water partition coefficient (Wildman–Crippen LogP) is 2.04. The molecule has 0 spiro atoms. The normalized spacial score (nSPS) is 10.9. The Morgan fingerprint density at radius 3 is 2.48 bits per heavy atom. The summed E-state index contributed by atoms with van der Waals surface area (Å²) in [6, 6.07) is 0. The molecule has 0 saturated carbocycles. The van der Waals surface area contributed by atoms with Crippen LogP contribution in [0.4, 0.5) is 11.6 Å². The molecule has 0 aliphatic heterocycles. The number of hydrogen-bond acceptors (Lipinski definition) is 6. The fourth-order valence-electron chi connectivity index (χ4n) is 1.94. The molecule has 2 N–H and O–H groups in total. The summed E-state index contributed by atoms with van der Waals surface area (Å²) in [6.07, 6.45) is 3.52. The molecule has 0 unspecified atom stereocenters. The molecule has 2 heterocycles. The molecular formula is C14H23N7. The summed E-state index contributed by atoms with van der Waals surface area (Å²) in [4.78, 5) is 9.22. The SMILES string of the molecule is CCNc1nc(C(C)C)nc(NCCn2ccnn2)c1C. The Morgan fingerprint density at radius 1 is 1.19 bits per heavy atom. The molecule has 114 valence electrons. The summed E-state index contributed by atoms with van der Waals surface area (Å²) in [5.41, 5.74) is 1.04.